The Morgan fingerprint density at radius 2 is 1.92 bits per heavy atom. The van der Waals surface area contributed by atoms with E-state index < -0.39 is 0 Å². The normalized spacial score (nSPS) is 16.5. The molecule has 2 N–H and O–H groups in total. The van der Waals surface area contributed by atoms with Gasteiger partial charge in [0.25, 0.3) is 0 Å². The van der Waals surface area contributed by atoms with Crippen molar-refractivity contribution in [3.8, 4) is 11.5 Å². The van der Waals surface area contributed by atoms with Gasteiger partial charge in [0.15, 0.2) is 0 Å². The zero-order valence-electron chi connectivity index (χ0n) is 13.8. The monoisotopic (exact) mass is 324 g/mol. The van der Waals surface area contributed by atoms with Crippen molar-refractivity contribution in [3.63, 3.8) is 0 Å². The number of nitrogens with one attached hydrogen (secondary N) is 1. The zero-order valence-corrected chi connectivity index (χ0v) is 13.8. The molecule has 1 heterocycles. The fraction of sp³-hybridized carbons (Fsp3) is 0.300. The van der Waals surface area contributed by atoms with Gasteiger partial charge in [0.2, 0.25) is 0 Å². The summed E-state index contributed by atoms with van der Waals surface area (Å²) in [4.78, 5) is 2.32. The second kappa shape index (κ2) is 7.99. The van der Waals surface area contributed by atoms with E-state index in [9.17, 15) is 5.11 Å². The van der Waals surface area contributed by atoms with Crippen molar-refractivity contribution < 1.29 is 9.84 Å². The third-order valence-corrected chi connectivity index (χ3v) is 4.34. The van der Waals surface area contributed by atoms with Gasteiger partial charge in [-0.1, -0.05) is 36.4 Å². The Labute approximate surface area is 143 Å². The van der Waals surface area contributed by atoms with Crippen molar-refractivity contribution in [2.45, 2.75) is 12.6 Å². The molecule has 1 aliphatic rings. The lowest BCUT2D eigenvalue weighted by Gasteiger charge is -2.33. The fourth-order valence-electron chi connectivity index (χ4n) is 3.04. The number of hydrogen-bond acceptors (Lipinski definition) is 4. The smallest absolute Gasteiger partial charge is 0.124 e. The second-order valence-electron chi connectivity index (χ2n) is 5.96. The first-order valence-corrected chi connectivity index (χ1v) is 8.35. The van der Waals surface area contributed by atoms with E-state index in [4.69, 9.17) is 4.74 Å². The number of hydrogen-bond donors (Lipinski definition) is 2. The van der Waals surface area contributed by atoms with Crippen molar-refractivity contribution >= 4 is 0 Å². The molecule has 0 aliphatic carbocycles. The highest BCUT2D eigenvalue weighted by atomic mass is 16.5. The molecule has 24 heavy (non-hydrogen) atoms. The molecule has 0 bridgehead atoms. The minimum absolute atomic E-state index is 0.0234. The molecular formula is C20H24N2O2. The SMILES string of the molecule is C=C[C@H](c1ccc(OCc2ccccc2)cc1O)N1CCNCC1. The minimum Gasteiger partial charge on any atom is -0.507 e. The van der Waals surface area contributed by atoms with Crippen LogP contribution < -0.4 is 10.1 Å². The molecule has 0 amide bonds. The van der Waals surface area contributed by atoms with E-state index in [1.165, 1.54) is 0 Å². The molecule has 0 spiro atoms. The molecule has 4 nitrogen and oxygen atoms in total. The van der Waals surface area contributed by atoms with Crippen molar-refractivity contribution in [1.82, 2.24) is 10.2 Å². The number of piperazine rings is 1. The zero-order chi connectivity index (χ0) is 16.8. The van der Waals surface area contributed by atoms with E-state index in [-0.39, 0.29) is 11.8 Å². The number of phenolic OH excluding ortho intramolecular Hbond substituents is 1. The average molecular weight is 324 g/mol. The lowest BCUT2D eigenvalue weighted by atomic mass is 10.0. The van der Waals surface area contributed by atoms with Crippen LogP contribution in [0.5, 0.6) is 11.5 Å². The highest BCUT2D eigenvalue weighted by Gasteiger charge is 2.22. The molecule has 0 aromatic heterocycles. The minimum atomic E-state index is 0.0234. The molecule has 1 atom stereocenters. The van der Waals surface area contributed by atoms with Gasteiger partial charge in [0.05, 0.1) is 6.04 Å². The number of nitrogens with zero attached hydrogens (tertiary/aromatic N) is 1. The number of aromatic hydroxyl groups is 1. The summed E-state index contributed by atoms with van der Waals surface area (Å²) < 4.78 is 5.78. The Bertz CT molecular complexity index is 667. The van der Waals surface area contributed by atoms with E-state index in [1.807, 2.05) is 48.5 Å². The van der Waals surface area contributed by atoms with E-state index in [0.717, 1.165) is 37.3 Å². The quantitative estimate of drug-likeness (QED) is 0.802. The van der Waals surface area contributed by atoms with Crippen LogP contribution in [-0.4, -0.2) is 36.2 Å². The first-order valence-electron chi connectivity index (χ1n) is 8.35. The van der Waals surface area contributed by atoms with Crippen LogP contribution in [0.4, 0.5) is 0 Å². The van der Waals surface area contributed by atoms with Crippen LogP contribution in [0, 0.1) is 0 Å². The van der Waals surface area contributed by atoms with Gasteiger partial charge in [-0.25, -0.2) is 0 Å². The number of ether oxygens (including phenoxy) is 1. The van der Waals surface area contributed by atoms with Crippen LogP contribution in [0.3, 0.4) is 0 Å². The highest BCUT2D eigenvalue weighted by molar-refractivity contribution is 5.43. The van der Waals surface area contributed by atoms with Gasteiger partial charge in [-0.05, 0) is 17.7 Å². The molecule has 1 saturated heterocycles. The summed E-state index contributed by atoms with van der Waals surface area (Å²) in [5.41, 5.74) is 1.98. The Kier molecular flexibility index (Phi) is 5.51. The molecule has 1 aliphatic heterocycles. The third kappa shape index (κ3) is 3.96. The predicted molar refractivity (Wildman–Crippen MR) is 96.3 cm³/mol. The molecule has 2 aromatic rings. The first kappa shape index (κ1) is 16.6. The Morgan fingerprint density at radius 3 is 2.58 bits per heavy atom. The topological polar surface area (TPSA) is 44.7 Å². The summed E-state index contributed by atoms with van der Waals surface area (Å²) in [7, 11) is 0. The fourth-order valence-corrected chi connectivity index (χ4v) is 3.04. The maximum Gasteiger partial charge on any atom is 0.124 e. The number of phenols is 1. The van der Waals surface area contributed by atoms with Crippen molar-refractivity contribution in [2.75, 3.05) is 26.2 Å². The Morgan fingerprint density at radius 1 is 1.17 bits per heavy atom. The summed E-state index contributed by atoms with van der Waals surface area (Å²) in [5.74, 6) is 0.923. The van der Waals surface area contributed by atoms with Gasteiger partial charge in [-0.3, -0.25) is 4.90 Å². The summed E-state index contributed by atoms with van der Waals surface area (Å²) in [6.45, 7) is 8.25. The standard InChI is InChI=1S/C20H24N2O2/c1-2-19(22-12-10-21-11-13-22)18-9-8-17(14-20(18)23)24-15-16-6-4-3-5-7-16/h2-9,14,19,21,23H,1,10-13,15H2/t19-/m1/s1. The lowest BCUT2D eigenvalue weighted by molar-refractivity contribution is 0.200. The molecule has 0 unspecified atom stereocenters. The van der Waals surface area contributed by atoms with E-state index in [2.05, 4.69) is 16.8 Å². The molecule has 3 rings (SSSR count). The highest BCUT2D eigenvalue weighted by Crippen LogP contribution is 2.33. The van der Waals surface area contributed by atoms with E-state index >= 15 is 0 Å². The second-order valence-corrected chi connectivity index (χ2v) is 5.96. The van der Waals surface area contributed by atoms with Gasteiger partial charge in [0, 0.05) is 37.8 Å². The first-order chi connectivity index (χ1) is 11.8. The van der Waals surface area contributed by atoms with Crippen molar-refractivity contribution in [1.29, 1.82) is 0 Å². The number of benzene rings is 2. The Hall–Kier alpha value is -2.30. The van der Waals surface area contributed by atoms with Crippen LogP contribution >= 0.6 is 0 Å². The summed E-state index contributed by atoms with van der Waals surface area (Å²) in [6, 6.07) is 15.6. The molecule has 126 valence electrons. The van der Waals surface area contributed by atoms with Crippen LogP contribution in [0.1, 0.15) is 17.2 Å². The predicted octanol–water partition coefficient (Wildman–Crippen LogP) is 3.10. The Balaban J connectivity index is 1.70. The summed E-state index contributed by atoms with van der Waals surface area (Å²) in [5, 5.41) is 13.8. The summed E-state index contributed by atoms with van der Waals surface area (Å²) >= 11 is 0. The number of rotatable bonds is 6. The van der Waals surface area contributed by atoms with Gasteiger partial charge in [-0.2, -0.15) is 0 Å². The van der Waals surface area contributed by atoms with Crippen LogP contribution in [-0.2, 0) is 6.61 Å². The third-order valence-electron chi connectivity index (χ3n) is 4.34. The van der Waals surface area contributed by atoms with Crippen LogP contribution in [0.15, 0.2) is 61.2 Å². The molecule has 0 saturated carbocycles. The summed E-state index contributed by atoms with van der Waals surface area (Å²) in [6.07, 6.45) is 1.89. The van der Waals surface area contributed by atoms with Gasteiger partial charge in [0.1, 0.15) is 18.1 Å². The van der Waals surface area contributed by atoms with Crippen molar-refractivity contribution in [3.05, 3.63) is 72.3 Å². The largest absolute Gasteiger partial charge is 0.507 e. The van der Waals surface area contributed by atoms with E-state index in [1.54, 1.807) is 6.07 Å². The van der Waals surface area contributed by atoms with Gasteiger partial charge >= 0.3 is 0 Å². The van der Waals surface area contributed by atoms with Gasteiger partial charge in [-0.15, -0.1) is 6.58 Å². The average Bonchev–Trinajstić information content (AvgIpc) is 2.64. The molecule has 0 radical (unpaired) electrons. The maximum atomic E-state index is 10.5. The van der Waals surface area contributed by atoms with Crippen LogP contribution in [0.25, 0.3) is 0 Å². The lowest BCUT2D eigenvalue weighted by Crippen LogP contribution is -2.44. The van der Waals surface area contributed by atoms with Crippen molar-refractivity contribution in [2.24, 2.45) is 0 Å². The van der Waals surface area contributed by atoms with E-state index in [0.29, 0.717) is 12.4 Å². The molecule has 4 heteroatoms. The molecule has 2 aromatic carbocycles. The molecule has 1 fully saturated rings. The van der Waals surface area contributed by atoms with Crippen LogP contribution in [0.2, 0.25) is 0 Å². The maximum absolute atomic E-state index is 10.5. The molecular weight excluding hydrogens is 300 g/mol. The van der Waals surface area contributed by atoms with Gasteiger partial charge < -0.3 is 15.2 Å².